The van der Waals surface area contributed by atoms with Crippen molar-refractivity contribution in [3.8, 4) is 0 Å². The molecule has 0 fully saturated rings. The molecule has 0 aromatic heterocycles. The van der Waals surface area contributed by atoms with Crippen LogP contribution in [0.25, 0.3) is 0 Å². The van der Waals surface area contributed by atoms with Gasteiger partial charge in [-0.3, -0.25) is 0 Å². The van der Waals surface area contributed by atoms with Crippen LogP contribution in [0.3, 0.4) is 0 Å². The van der Waals surface area contributed by atoms with Crippen molar-refractivity contribution in [2.45, 2.75) is 71.1 Å². The molecule has 0 spiro atoms. The summed E-state index contributed by atoms with van der Waals surface area (Å²) in [5, 5.41) is 0. The van der Waals surface area contributed by atoms with Gasteiger partial charge in [0.15, 0.2) is 0 Å². The van der Waals surface area contributed by atoms with E-state index in [4.69, 9.17) is 9.47 Å². The van der Waals surface area contributed by atoms with Crippen LogP contribution in [0.2, 0.25) is 25.3 Å². The maximum atomic E-state index is 5.77. The first-order valence-electron chi connectivity index (χ1n) is 5.75. The molecule has 0 heterocycles. The number of hydrogen-bond donors (Lipinski definition) is 0. The Labute approximate surface area is 98.6 Å². The summed E-state index contributed by atoms with van der Waals surface area (Å²) in [6.45, 7) is 15.4. The third kappa shape index (κ3) is 10.6. The Hall–Kier alpha value is 0.354. The summed E-state index contributed by atoms with van der Waals surface area (Å²) < 4.78 is 11.5. The molecule has 4 heteroatoms. The van der Waals surface area contributed by atoms with Crippen molar-refractivity contribution in [1.29, 1.82) is 0 Å². The van der Waals surface area contributed by atoms with E-state index < -0.39 is 8.07 Å². The van der Waals surface area contributed by atoms with Crippen LogP contribution >= 0.6 is 0 Å². The van der Waals surface area contributed by atoms with Crippen LogP contribution in [0.5, 0.6) is 0 Å². The van der Waals surface area contributed by atoms with Crippen LogP contribution in [-0.2, 0) is 9.47 Å². The summed E-state index contributed by atoms with van der Waals surface area (Å²) in [5.74, 6) is 0.0109. The lowest BCUT2D eigenvalue weighted by atomic mass is 10.5. The summed E-state index contributed by atoms with van der Waals surface area (Å²) in [7, 11) is -0.192. The van der Waals surface area contributed by atoms with Crippen molar-refractivity contribution in [3.63, 3.8) is 0 Å². The Balaban J connectivity index is 4.01. The molecule has 0 unspecified atom stereocenters. The van der Waals surface area contributed by atoms with Gasteiger partial charge in [-0.25, -0.2) is 0 Å². The quantitative estimate of drug-likeness (QED) is 0.507. The van der Waals surface area contributed by atoms with E-state index in [0.29, 0.717) is 0 Å². The highest BCUT2D eigenvalue weighted by Gasteiger charge is 2.20. The van der Waals surface area contributed by atoms with Gasteiger partial charge < -0.3 is 9.47 Å². The summed E-state index contributed by atoms with van der Waals surface area (Å²) in [6, 6.07) is 0. The smallest absolute Gasteiger partial charge is 0.137 e. The minimum atomic E-state index is -0.970. The average Bonchev–Trinajstić information content (AvgIpc) is 1.96. The van der Waals surface area contributed by atoms with Crippen LogP contribution in [0.4, 0.5) is 0 Å². The molecule has 0 N–H and O–H groups in total. The lowest BCUT2D eigenvalue weighted by Crippen LogP contribution is -2.35. The van der Waals surface area contributed by atoms with E-state index in [1.807, 2.05) is 0 Å². The third-order valence-corrected chi connectivity index (χ3v) is 7.26. The van der Waals surface area contributed by atoms with E-state index in [0.717, 1.165) is 9.52 Å². The van der Waals surface area contributed by atoms with E-state index in [1.165, 1.54) is 5.67 Å². The van der Waals surface area contributed by atoms with Crippen molar-refractivity contribution in [3.05, 3.63) is 0 Å². The van der Waals surface area contributed by atoms with Crippen molar-refractivity contribution in [2.24, 2.45) is 0 Å². The third-order valence-electron chi connectivity index (χ3n) is 1.59. The van der Waals surface area contributed by atoms with Crippen LogP contribution in [0.1, 0.15) is 27.7 Å². The summed E-state index contributed by atoms with van der Waals surface area (Å²) in [5.41, 5.74) is 1.29. The molecule has 0 rings (SSSR count). The zero-order valence-electron chi connectivity index (χ0n) is 11.3. The van der Waals surface area contributed by atoms with Crippen LogP contribution < -0.4 is 0 Å². The number of hydrogen-bond acceptors (Lipinski definition) is 2. The SMILES string of the molecule is CC(C)OC(OC(C)C)[Si]C[Si](C)(C)C. The van der Waals surface area contributed by atoms with Gasteiger partial charge in [0.2, 0.25) is 0 Å². The zero-order valence-corrected chi connectivity index (χ0v) is 13.3. The van der Waals surface area contributed by atoms with Crippen molar-refractivity contribution in [2.75, 3.05) is 0 Å². The van der Waals surface area contributed by atoms with E-state index in [2.05, 4.69) is 47.3 Å². The zero-order chi connectivity index (χ0) is 12.1. The van der Waals surface area contributed by atoms with Crippen molar-refractivity contribution < 1.29 is 9.47 Å². The fraction of sp³-hybridized carbons (Fsp3) is 1.00. The second-order valence-corrected chi connectivity index (χ2v) is 13.1. The normalized spacial score (nSPS) is 13.2. The molecule has 2 nitrogen and oxygen atoms in total. The minimum absolute atomic E-state index is 0.0109. The van der Waals surface area contributed by atoms with Gasteiger partial charge in [-0.1, -0.05) is 25.3 Å². The number of ether oxygens (including phenoxy) is 2. The van der Waals surface area contributed by atoms with Gasteiger partial charge in [-0.15, -0.1) is 0 Å². The minimum Gasteiger partial charge on any atom is -0.354 e. The highest BCUT2D eigenvalue weighted by atomic mass is 28.4. The molecule has 0 aliphatic rings. The first-order chi connectivity index (χ1) is 6.70. The highest BCUT2D eigenvalue weighted by Crippen LogP contribution is 2.11. The summed E-state index contributed by atoms with van der Waals surface area (Å²) >= 11 is 0. The predicted molar refractivity (Wildman–Crippen MR) is 70.1 cm³/mol. The van der Waals surface area contributed by atoms with E-state index in [-0.39, 0.29) is 18.1 Å². The van der Waals surface area contributed by atoms with Gasteiger partial charge in [-0.2, -0.15) is 0 Å². The summed E-state index contributed by atoms with van der Waals surface area (Å²) in [6.07, 6.45) is 0.505. The van der Waals surface area contributed by atoms with Crippen molar-refractivity contribution in [1.82, 2.24) is 0 Å². The molecule has 0 amide bonds. The second-order valence-electron chi connectivity index (χ2n) is 5.64. The van der Waals surface area contributed by atoms with E-state index in [9.17, 15) is 0 Å². The van der Waals surface area contributed by atoms with Crippen LogP contribution in [0.15, 0.2) is 0 Å². The highest BCUT2D eigenvalue weighted by molar-refractivity contribution is 6.83. The molecule has 0 atom stereocenters. The first kappa shape index (κ1) is 15.4. The molecule has 0 aliphatic heterocycles. The fourth-order valence-electron chi connectivity index (χ4n) is 1.01. The van der Waals surface area contributed by atoms with Gasteiger partial charge in [0.1, 0.15) is 15.4 Å². The molecule has 90 valence electrons. The fourth-order valence-corrected chi connectivity index (χ4v) is 4.87. The molecule has 0 saturated heterocycles. The summed E-state index contributed by atoms with van der Waals surface area (Å²) in [4.78, 5) is 0. The maximum absolute atomic E-state index is 5.77. The Morgan fingerprint density at radius 1 is 0.933 bits per heavy atom. The number of rotatable bonds is 7. The van der Waals surface area contributed by atoms with Crippen LogP contribution in [0, 0.1) is 0 Å². The monoisotopic (exact) mass is 246 g/mol. The topological polar surface area (TPSA) is 18.5 Å². The largest absolute Gasteiger partial charge is 0.354 e. The molecular weight excluding hydrogens is 220 g/mol. The van der Waals surface area contributed by atoms with E-state index in [1.54, 1.807) is 0 Å². The van der Waals surface area contributed by atoms with Crippen LogP contribution in [-0.4, -0.2) is 35.7 Å². The Morgan fingerprint density at radius 2 is 1.33 bits per heavy atom. The maximum Gasteiger partial charge on any atom is 0.137 e. The molecule has 15 heavy (non-hydrogen) atoms. The molecule has 0 aliphatic carbocycles. The average molecular weight is 246 g/mol. The molecule has 2 radical (unpaired) electrons. The van der Waals surface area contributed by atoms with Crippen molar-refractivity contribution >= 4 is 17.6 Å². The van der Waals surface area contributed by atoms with E-state index >= 15 is 0 Å². The molecule has 0 aromatic rings. The lowest BCUT2D eigenvalue weighted by Gasteiger charge is -2.25. The second kappa shape index (κ2) is 6.83. The predicted octanol–water partition coefficient (Wildman–Crippen LogP) is 3.12. The van der Waals surface area contributed by atoms with Gasteiger partial charge >= 0.3 is 0 Å². The molecule has 0 bridgehead atoms. The molecule has 0 saturated carbocycles. The molecule has 0 aromatic carbocycles. The Morgan fingerprint density at radius 3 is 1.60 bits per heavy atom. The lowest BCUT2D eigenvalue weighted by molar-refractivity contribution is -0.133. The molecular formula is C11H26O2Si2. The van der Waals surface area contributed by atoms with Gasteiger partial charge in [0, 0.05) is 8.07 Å². The van der Waals surface area contributed by atoms with Gasteiger partial charge in [-0.05, 0) is 27.7 Å². The first-order valence-corrected chi connectivity index (χ1v) is 10.7. The van der Waals surface area contributed by atoms with Gasteiger partial charge in [0.05, 0.1) is 12.2 Å². The Kier molecular flexibility index (Phi) is 6.99. The standard InChI is InChI=1S/C11H26O2Si2/c1-9(2)12-11(13-10(3)4)14-8-15(5,6)7/h9-11H,8H2,1-7H3. The Bertz CT molecular complexity index is 154. The van der Waals surface area contributed by atoms with Gasteiger partial charge in [0.25, 0.3) is 0 Å².